The molecule has 0 heterocycles. The lowest BCUT2D eigenvalue weighted by atomic mass is 10.1. The largest absolute Gasteiger partial charge is 0.427 e. The van der Waals surface area contributed by atoms with Gasteiger partial charge in [-0.2, -0.15) is 0 Å². The molecule has 0 aliphatic carbocycles. The Morgan fingerprint density at radius 3 is 2.78 bits per heavy atom. The van der Waals surface area contributed by atoms with Gasteiger partial charge in [0.1, 0.15) is 11.6 Å². The Labute approximate surface area is 109 Å². The lowest BCUT2D eigenvalue weighted by Gasteiger charge is -2.06. The van der Waals surface area contributed by atoms with Crippen LogP contribution in [0.3, 0.4) is 0 Å². The molecule has 0 amide bonds. The molecule has 0 aromatic heterocycles. The van der Waals surface area contributed by atoms with Gasteiger partial charge in [-0.05, 0) is 29.8 Å². The van der Waals surface area contributed by atoms with E-state index in [0.29, 0.717) is 11.3 Å². The molecule has 2 rings (SSSR count). The Balaban J connectivity index is 2.41. The molecule has 0 N–H and O–H groups in total. The average Bonchev–Trinajstić information content (AvgIpc) is 2.28. The maximum absolute atomic E-state index is 12.9. The minimum absolute atomic E-state index is 0.190. The van der Waals surface area contributed by atoms with Crippen LogP contribution >= 0.6 is 11.6 Å². The summed E-state index contributed by atoms with van der Waals surface area (Å²) in [5.41, 5.74) is 1.36. The highest BCUT2D eigenvalue weighted by Gasteiger charge is 2.07. The van der Waals surface area contributed by atoms with Crippen molar-refractivity contribution in [1.82, 2.24) is 0 Å². The van der Waals surface area contributed by atoms with Gasteiger partial charge in [-0.25, -0.2) is 4.39 Å². The third-order valence-electron chi connectivity index (χ3n) is 2.27. The van der Waals surface area contributed by atoms with E-state index in [-0.39, 0.29) is 5.02 Å². The summed E-state index contributed by atoms with van der Waals surface area (Å²) < 4.78 is 17.9. The Kier molecular flexibility index (Phi) is 3.63. The highest BCUT2D eigenvalue weighted by molar-refractivity contribution is 6.33. The topological polar surface area (TPSA) is 26.3 Å². The predicted molar refractivity (Wildman–Crippen MR) is 67.0 cm³/mol. The molecule has 0 saturated heterocycles. The number of halogens is 2. The fourth-order valence-electron chi connectivity index (χ4n) is 1.56. The molecule has 0 atom stereocenters. The molecule has 1 radical (unpaired) electrons. The van der Waals surface area contributed by atoms with Gasteiger partial charge in [0, 0.05) is 18.6 Å². The van der Waals surface area contributed by atoms with Crippen LogP contribution < -0.4 is 4.74 Å². The first-order valence-electron chi connectivity index (χ1n) is 5.22. The average molecular weight is 264 g/mol. The van der Waals surface area contributed by atoms with Crippen molar-refractivity contribution in [3.63, 3.8) is 0 Å². The highest BCUT2D eigenvalue weighted by atomic mass is 35.5. The first-order valence-corrected chi connectivity index (χ1v) is 5.60. The Hall–Kier alpha value is -1.87. The van der Waals surface area contributed by atoms with E-state index in [1.807, 2.05) is 0 Å². The van der Waals surface area contributed by atoms with Gasteiger partial charge in [0.05, 0.1) is 5.02 Å². The van der Waals surface area contributed by atoms with E-state index in [4.69, 9.17) is 16.3 Å². The lowest BCUT2D eigenvalue weighted by Crippen LogP contribution is -2.01. The van der Waals surface area contributed by atoms with Crippen LogP contribution in [0.1, 0.15) is 6.92 Å². The molecule has 4 heteroatoms. The smallest absolute Gasteiger partial charge is 0.308 e. The van der Waals surface area contributed by atoms with E-state index in [2.05, 4.69) is 6.07 Å². The molecule has 0 saturated carbocycles. The highest BCUT2D eigenvalue weighted by Crippen LogP contribution is 2.30. The van der Waals surface area contributed by atoms with Gasteiger partial charge in [-0.3, -0.25) is 4.79 Å². The molecule has 0 bridgehead atoms. The van der Waals surface area contributed by atoms with Crippen molar-refractivity contribution in [2.45, 2.75) is 6.92 Å². The van der Waals surface area contributed by atoms with E-state index in [1.165, 1.54) is 13.0 Å². The Bertz CT molecular complexity index is 596. The predicted octanol–water partition coefficient (Wildman–Crippen LogP) is 3.87. The van der Waals surface area contributed by atoms with Crippen LogP contribution in [0.25, 0.3) is 11.1 Å². The number of benzene rings is 2. The molecule has 0 spiro atoms. The summed E-state index contributed by atoms with van der Waals surface area (Å²) in [6.45, 7) is 1.32. The first-order chi connectivity index (χ1) is 8.56. The van der Waals surface area contributed by atoms with Crippen molar-refractivity contribution in [3.05, 3.63) is 53.3 Å². The van der Waals surface area contributed by atoms with Gasteiger partial charge in [0.2, 0.25) is 0 Å². The van der Waals surface area contributed by atoms with E-state index in [0.717, 1.165) is 5.56 Å². The molecule has 2 aromatic rings. The Morgan fingerprint density at radius 1 is 1.33 bits per heavy atom. The monoisotopic (exact) mass is 263 g/mol. The van der Waals surface area contributed by atoms with E-state index in [9.17, 15) is 9.18 Å². The number of carbonyl (C=O) groups excluding carboxylic acids is 1. The minimum atomic E-state index is -0.514. The van der Waals surface area contributed by atoms with E-state index < -0.39 is 11.8 Å². The molecule has 91 valence electrons. The second-order valence-corrected chi connectivity index (χ2v) is 4.03. The summed E-state index contributed by atoms with van der Waals surface area (Å²) in [7, 11) is 0. The van der Waals surface area contributed by atoms with Gasteiger partial charge in [-0.15, -0.1) is 0 Å². The summed E-state index contributed by atoms with van der Waals surface area (Å²) in [5, 5.41) is 0.190. The zero-order chi connectivity index (χ0) is 13.1. The summed E-state index contributed by atoms with van der Waals surface area (Å²) in [4.78, 5) is 10.9. The van der Waals surface area contributed by atoms with Gasteiger partial charge in [0.15, 0.2) is 0 Å². The van der Waals surface area contributed by atoms with Crippen LogP contribution in [0.5, 0.6) is 5.75 Å². The van der Waals surface area contributed by atoms with Crippen LogP contribution in [-0.4, -0.2) is 5.97 Å². The van der Waals surface area contributed by atoms with E-state index >= 15 is 0 Å². The fourth-order valence-corrected chi connectivity index (χ4v) is 1.82. The van der Waals surface area contributed by atoms with Gasteiger partial charge >= 0.3 is 5.97 Å². The lowest BCUT2D eigenvalue weighted by molar-refractivity contribution is -0.131. The van der Waals surface area contributed by atoms with Crippen molar-refractivity contribution < 1.29 is 13.9 Å². The van der Waals surface area contributed by atoms with E-state index in [1.54, 1.807) is 30.3 Å². The second kappa shape index (κ2) is 5.19. The molecule has 0 fully saturated rings. The summed E-state index contributed by atoms with van der Waals surface area (Å²) in [6, 6.07) is 12.1. The molecular weight excluding hydrogens is 255 g/mol. The van der Waals surface area contributed by atoms with Crippen molar-refractivity contribution in [1.29, 1.82) is 0 Å². The third-order valence-corrected chi connectivity index (χ3v) is 2.57. The van der Waals surface area contributed by atoms with Crippen LogP contribution in [-0.2, 0) is 4.79 Å². The van der Waals surface area contributed by atoms with Gasteiger partial charge in [-0.1, -0.05) is 23.7 Å². The zero-order valence-corrected chi connectivity index (χ0v) is 10.3. The maximum Gasteiger partial charge on any atom is 0.308 e. The van der Waals surface area contributed by atoms with Crippen molar-refractivity contribution in [2.24, 2.45) is 0 Å². The zero-order valence-electron chi connectivity index (χ0n) is 9.54. The molecule has 0 aliphatic heterocycles. The Morgan fingerprint density at radius 2 is 2.11 bits per heavy atom. The van der Waals surface area contributed by atoms with Crippen molar-refractivity contribution in [3.8, 4) is 16.9 Å². The van der Waals surface area contributed by atoms with Crippen molar-refractivity contribution in [2.75, 3.05) is 0 Å². The van der Waals surface area contributed by atoms with Crippen LogP contribution in [0.15, 0.2) is 36.4 Å². The first kappa shape index (κ1) is 12.6. The SMILES string of the molecule is CC(=O)Oc1cccc(-c2ccc(F)[c]c2Cl)c1. The normalized spacial score (nSPS) is 10.2. The van der Waals surface area contributed by atoms with Gasteiger partial charge in [0.25, 0.3) is 0 Å². The number of carbonyl (C=O) groups is 1. The van der Waals surface area contributed by atoms with Gasteiger partial charge < -0.3 is 4.74 Å². The number of rotatable bonds is 2. The minimum Gasteiger partial charge on any atom is -0.427 e. The standard InChI is InChI=1S/C14H9ClFO2/c1-9(17)18-12-4-2-3-10(7-12)13-6-5-11(16)8-14(13)15/h2-7H,1H3. The number of esters is 1. The second-order valence-electron chi connectivity index (χ2n) is 3.66. The maximum atomic E-state index is 12.9. The summed E-state index contributed by atoms with van der Waals surface area (Å²) >= 11 is 5.92. The number of hydrogen-bond acceptors (Lipinski definition) is 2. The number of hydrogen-bond donors (Lipinski definition) is 0. The molecule has 18 heavy (non-hydrogen) atoms. The van der Waals surface area contributed by atoms with Crippen LogP contribution in [0, 0.1) is 11.9 Å². The fraction of sp³-hybridized carbons (Fsp3) is 0.0714. The molecule has 0 aliphatic rings. The van der Waals surface area contributed by atoms with Crippen LogP contribution in [0.4, 0.5) is 4.39 Å². The third kappa shape index (κ3) is 2.87. The quantitative estimate of drug-likeness (QED) is 0.607. The molecule has 0 unspecified atom stereocenters. The van der Waals surface area contributed by atoms with Crippen molar-refractivity contribution >= 4 is 17.6 Å². The van der Waals surface area contributed by atoms with Crippen LogP contribution in [0.2, 0.25) is 5.02 Å². The molecule has 2 nitrogen and oxygen atoms in total. The summed E-state index contributed by atoms with van der Waals surface area (Å²) in [6.07, 6.45) is 0. The number of ether oxygens (including phenoxy) is 1. The summed E-state index contributed by atoms with van der Waals surface area (Å²) in [5.74, 6) is -0.496. The molecule has 2 aromatic carbocycles. The molecular formula is C14H9ClFO2.